The van der Waals surface area contributed by atoms with Crippen LogP contribution in [0.15, 0.2) is 42.9 Å². The summed E-state index contributed by atoms with van der Waals surface area (Å²) in [6.07, 6.45) is 8.28. The Morgan fingerprint density at radius 2 is 1.89 bits per heavy atom. The van der Waals surface area contributed by atoms with Crippen molar-refractivity contribution in [2.24, 2.45) is 5.92 Å². The van der Waals surface area contributed by atoms with Gasteiger partial charge in [0.1, 0.15) is 6.33 Å². The number of aryl methyl sites for hydroxylation is 1. The van der Waals surface area contributed by atoms with E-state index in [9.17, 15) is 4.79 Å². The molecule has 0 saturated heterocycles. The summed E-state index contributed by atoms with van der Waals surface area (Å²) in [5, 5.41) is 7.42. The van der Waals surface area contributed by atoms with Crippen molar-refractivity contribution in [3.05, 3.63) is 59.7 Å². The Bertz CT molecular complexity index is 910. The quantitative estimate of drug-likeness (QED) is 0.756. The SMILES string of the molecule is Cc1ccc(CC(=O)NCC2CCC(c3ccnc4ncnn34)CC2)cc1. The Morgan fingerprint density at radius 1 is 1.11 bits per heavy atom. The number of hydrogen-bond donors (Lipinski definition) is 1. The zero-order chi connectivity index (χ0) is 18.6. The molecule has 1 aliphatic carbocycles. The molecule has 1 aromatic carbocycles. The molecule has 4 rings (SSSR count). The molecule has 1 amide bonds. The lowest BCUT2D eigenvalue weighted by molar-refractivity contribution is -0.120. The van der Waals surface area contributed by atoms with Crippen LogP contribution in [0.25, 0.3) is 5.78 Å². The van der Waals surface area contributed by atoms with Crippen molar-refractivity contribution in [3.63, 3.8) is 0 Å². The van der Waals surface area contributed by atoms with E-state index >= 15 is 0 Å². The third-order valence-corrected chi connectivity index (χ3v) is 5.55. The van der Waals surface area contributed by atoms with Crippen LogP contribution in [-0.2, 0) is 11.2 Å². The monoisotopic (exact) mass is 363 g/mol. The summed E-state index contributed by atoms with van der Waals surface area (Å²) < 4.78 is 1.86. The minimum absolute atomic E-state index is 0.111. The summed E-state index contributed by atoms with van der Waals surface area (Å²) in [7, 11) is 0. The third kappa shape index (κ3) is 4.15. The van der Waals surface area contributed by atoms with E-state index in [1.807, 2.05) is 22.8 Å². The number of nitrogens with one attached hydrogen (secondary N) is 1. The first-order chi connectivity index (χ1) is 13.2. The summed E-state index contributed by atoms with van der Waals surface area (Å²) in [6.45, 7) is 2.83. The average molecular weight is 363 g/mol. The highest BCUT2D eigenvalue weighted by molar-refractivity contribution is 5.78. The van der Waals surface area contributed by atoms with E-state index in [2.05, 4.69) is 45.5 Å². The van der Waals surface area contributed by atoms with Crippen molar-refractivity contribution in [1.82, 2.24) is 24.9 Å². The van der Waals surface area contributed by atoms with Crippen molar-refractivity contribution in [2.75, 3.05) is 6.54 Å². The summed E-state index contributed by atoms with van der Waals surface area (Å²) in [5.41, 5.74) is 3.48. The predicted octanol–water partition coefficient (Wildman–Crippen LogP) is 3.07. The summed E-state index contributed by atoms with van der Waals surface area (Å²) in [5.74, 6) is 1.81. The molecule has 27 heavy (non-hydrogen) atoms. The Kier molecular flexibility index (Phi) is 5.14. The number of aromatic nitrogens is 4. The van der Waals surface area contributed by atoms with Gasteiger partial charge < -0.3 is 5.32 Å². The Labute approximate surface area is 159 Å². The number of nitrogens with zero attached hydrogens (tertiary/aromatic N) is 4. The van der Waals surface area contributed by atoms with Crippen molar-refractivity contribution in [2.45, 2.75) is 44.9 Å². The van der Waals surface area contributed by atoms with Gasteiger partial charge in [0, 0.05) is 18.7 Å². The van der Waals surface area contributed by atoms with Gasteiger partial charge in [-0.25, -0.2) is 9.50 Å². The van der Waals surface area contributed by atoms with Crippen molar-refractivity contribution < 1.29 is 4.79 Å². The summed E-state index contributed by atoms with van der Waals surface area (Å²) in [4.78, 5) is 20.6. The lowest BCUT2D eigenvalue weighted by atomic mass is 9.80. The topological polar surface area (TPSA) is 72.2 Å². The number of carbonyl (C=O) groups is 1. The van der Waals surface area contributed by atoms with Crippen LogP contribution in [0.4, 0.5) is 0 Å². The standard InChI is InChI=1S/C21H25N5O/c1-15-2-4-16(5-3-15)12-20(27)23-13-17-6-8-18(9-7-17)19-10-11-22-21-24-14-25-26(19)21/h2-5,10-11,14,17-18H,6-9,12-13H2,1H3,(H,23,27). The Morgan fingerprint density at radius 3 is 2.67 bits per heavy atom. The minimum atomic E-state index is 0.111. The maximum atomic E-state index is 12.2. The molecule has 0 spiro atoms. The fraction of sp³-hybridized carbons (Fsp3) is 0.429. The van der Waals surface area contributed by atoms with Crippen LogP contribution >= 0.6 is 0 Å². The molecule has 0 aliphatic heterocycles. The number of fused-ring (bicyclic) bond motifs is 1. The molecule has 6 nitrogen and oxygen atoms in total. The largest absolute Gasteiger partial charge is 0.356 e. The molecule has 2 heterocycles. The van der Waals surface area contributed by atoms with Gasteiger partial charge >= 0.3 is 0 Å². The molecule has 0 atom stereocenters. The average Bonchev–Trinajstić information content (AvgIpc) is 3.17. The first kappa shape index (κ1) is 17.6. The van der Waals surface area contributed by atoms with Crippen LogP contribution in [0.2, 0.25) is 0 Å². The van der Waals surface area contributed by atoms with Crippen LogP contribution in [-0.4, -0.2) is 32.0 Å². The van der Waals surface area contributed by atoms with Gasteiger partial charge in [0.15, 0.2) is 0 Å². The molecule has 1 fully saturated rings. The van der Waals surface area contributed by atoms with Crippen molar-refractivity contribution >= 4 is 11.7 Å². The van der Waals surface area contributed by atoms with Gasteiger partial charge in [-0.1, -0.05) is 29.8 Å². The molecule has 1 saturated carbocycles. The lowest BCUT2D eigenvalue weighted by Crippen LogP contribution is -2.32. The molecule has 1 N–H and O–H groups in total. The van der Waals surface area contributed by atoms with Gasteiger partial charge in [0.05, 0.1) is 12.1 Å². The van der Waals surface area contributed by atoms with Gasteiger partial charge in [0.2, 0.25) is 5.91 Å². The first-order valence-corrected chi connectivity index (χ1v) is 9.66. The van der Waals surface area contributed by atoms with E-state index in [4.69, 9.17) is 0 Å². The van der Waals surface area contributed by atoms with E-state index < -0.39 is 0 Å². The maximum Gasteiger partial charge on any atom is 0.252 e. The van der Waals surface area contributed by atoms with Gasteiger partial charge in [-0.05, 0) is 50.2 Å². The fourth-order valence-electron chi connectivity index (χ4n) is 3.94. The van der Waals surface area contributed by atoms with Crippen LogP contribution in [0.3, 0.4) is 0 Å². The highest BCUT2D eigenvalue weighted by atomic mass is 16.1. The van der Waals surface area contributed by atoms with Gasteiger partial charge in [0.25, 0.3) is 5.78 Å². The molecular formula is C21H25N5O. The van der Waals surface area contributed by atoms with Gasteiger partial charge in [-0.3, -0.25) is 4.79 Å². The second kappa shape index (κ2) is 7.86. The fourth-order valence-corrected chi connectivity index (χ4v) is 3.94. The zero-order valence-electron chi connectivity index (χ0n) is 15.6. The van der Waals surface area contributed by atoms with E-state index in [1.165, 1.54) is 11.3 Å². The Balaban J connectivity index is 1.26. The van der Waals surface area contributed by atoms with Crippen LogP contribution in [0.5, 0.6) is 0 Å². The highest BCUT2D eigenvalue weighted by Crippen LogP contribution is 2.35. The van der Waals surface area contributed by atoms with Crippen LogP contribution in [0, 0.1) is 12.8 Å². The zero-order valence-corrected chi connectivity index (χ0v) is 15.6. The second-order valence-electron chi connectivity index (χ2n) is 7.53. The molecule has 140 valence electrons. The molecule has 3 aromatic rings. The van der Waals surface area contributed by atoms with E-state index in [-0.39, 0.29) is 5.91 Å². The van der Waals surface area contributed by atoms with Crippen LogP contribution < -0.4 is 5.32 Å². The van der Waals surface area contributed by atoms with Crippen LogP contribution in [0.1, 0.15) is 48.4 Å². The predicted molar refractivity (Wildman–Crippen MR) is 103 cm³/mol. The minimum Gasteiger partial charge on any atom is -0.356 e. The number of benzene rings is 1. The number of carbonyl (C=O) groups excluding carboxylic acids is 1. The number of hydrogen-bond acceptors (Lipinski definition) is 4. The molecule has 0 unspecified atom stereocenters. The van der Waals surface area contributed by atoms with Crippen molar-refractivity contribution in [1.29, 1.82) is 0 Å². The van der Waals surface area contributed by atoms with E-state index in [1.54, 1.807) is 6.33 Å². The van der Waals surface area contributed by atoms with Gasteiger partial charge in [-0.2, -0.15) is 10.1 Å². The highest BCUT2D eigenvalue weighted by Gasteiger charge is 2.24. The lowest BCUT2D eigenvalue weighted by Gasteiger charge is -2.28. The first-order valence-electron chi connectivity index (χ1n) is 9.66. The third-order valence-electron chi connectivity index (χ3n) is 5.55. The number of amides is 1. The number of rotatable bonds is 5. The molecule has 2 aromatic heterocycles. The summed E-state index contributed by atoms with van der Waals surface area (Å²) in [6, 6.07) is 10.2. The molecular weight excluding hydrogens is 338 g/mol. The normalized spacial score (nSPS) is 19.9. The maximum absolute atomic E-state index is 12.2. The molecule has 6 heteroatoms. The molecule has 1 aliphatic rings. The molecule has 0 bridgehead atoms. The van der Waals surface area contributed by atoms with Gasteiger partial charge in [-0.15, -0.1) is 0 Å². The molecule has 0 radical (unpaired) electrons. The Hall–Kier alpha value is -2.76. The smallest absolute Gasteiger partial charge is 0.252 e. The van der Waals surface area contributed by atoms with E-state index in [0.29, 0.717) is 24.0 Å². The van der Waals surface area contributed by atoms with Crippen molar-refractivity contribution in [3.8, 4) is 0 Å². The second-order valence-corrected chi connectivity index (χ2v) is 7.53. The van der Waals surface area contributed by atoms with E-state index in [0.717, 1.165) is 37.8 Å². The summed E-state index contributed by atoms with van der Waals surface area (Å²) >= 11 is 0.